The highest BCUT2D eigenvalue weighted by atomic mass is 32.2. The molecule has 0 fully saturated rings. The van der Waals surface area contributed by atoms with Gasteiger partial charge in [0.25, 0.3) is 0 Å². The van der Waals surface area contributed by atoms with Gasteiger partial charge in [-0.1, -0.05) is 25.1 Å². The van der Waals surface area contributed by atoms with Crippen molar-refractivity contribution in [2.45, 2.75) is 25.3 Å². The Balaban J connectivity index is 2.10. The third-order valence-electron chi connectivity index (χ3n) is 4.23. The Morgan fingerprint density at radius 1 is 1.07 bits per heavy atom. The van der Waals surface area contributed by atoms with E-state index >= 15 is 0 Å². The molecule has 152 valence electrons. The zero-order chi connectivity index (χ0) is 20.7. The zero-order valence-electron chi connectivity index (χ0n) is 16.3. The second-order valence-corrected chi connectivity index (χ2v) is 8.11. The van der Waals surface area contributed by atoms with Gasteiger partial charge in [0.1, 0.15) is 11.6 Å². The van der Waals surface area contributed by atoms with Crippen molar-refractivity contribution in [3.63, 3.8) is 0 Å². The fourth-order valence-electron chi connectivity index (χ4n) is 2.63. The SMILES string of the molecule is CCOc1ccc(S(=O)(=O)N(CC)CC(=O)N(C)Cc2ccccc2F)cc1. The summed E-state index contributed by atoms with van der Waals surface area (Å²) in [6, 6.07) is 12.2. The molecule has 0 aliphatic carbocycles. The van der Waals surface area contributed by atoms with E-state index in [0.717, 1.165) is 4.31 Å². The van der Waals surface area contributed by atoms with Crippen LogP contribution in [0, 0.1) is 5.82 Å². The lowest BCUT2D eigenvalue weighted by atomic mass is 10.2. The maximum Gasteiger partial charge on any atom is 0.243 e. The van der Waals surface area contributed by atoms with Gasteiger partial charge in [-0.05, 0) is 37.3 Å². The van der Waals surface area contributed by atoms with E-state index in [1.54, 1.807) is 37.3 Å². The molecule has 0 saturated carbocycles. The van der Waals surface area contributed by atoms with Crippen LogP contribution in [-0.2, 0) is 21.4 Å². The normalized spacial score (nSPS) is 11.5. The van der Waals surface area contributed by atoms with E-state index in [1.165, 1.54) is 30.1 Å². The van der Waals surface area contributed by atoms with Crippen LogP contribution >= 0.6 is 0 Å². The predicted octanol–water partition coefficient (Wildman–Crippen LogP) is 2.89. The number of sulfonamides is 1. The van der Waals surface area contributed by atoms with E-state index in [-0.39, 0.29) is 24.5 Å². The van der Waals surface area contributed by atoms with Crippen LogP contribution in [0.5, 0.6) is 5.75 Å². The van der Waals surface area contributed by atoms with Gasteiger partial charge in [-0.3, -0.25) is 4.79 Å². The summed E-state index contributed by atoms with van der Waals surface area (Å²) in [6.45, 7) is 3.86. The Morgan fingerprint density at radius 3 is 2.29 bits per heavy atom. The Bertz CT molecular complexity index is 901. The summed E-state index contributed by atoms with van der Waals surface area (Å²) < 4.78 is 45.9. The van der Waals surface area contributed by atoms with E-state index in [9.17, 15) is 17.6 Å². The highest BCUT2D eigenvalue weighted by Gasteiger charge is 2.26. The minimum absolute atomic E-state index is 0.0617. The number of hydrogen-bond acceptors (Lipinski definition) is 4. The standard InChI is InChI=1S/C20H25FN2O4S/c1-4-23(28(25,26)18-12-10-17(11-13-18)27-5-2)15-20(24)22(3)14-16-8-6-7-9-19(16)21/h6-13H,4-5,14-15H2,1-3H3. The first-order valence-electron chi connectivity index (χ1n) is 9.00. The lowest BCUT2D eigenvalue weighted by Gasteiger charge is -2.24. The molecule has 2 aromatic carbocycles. The van der Waals surface area contributed by atoms with E-state index in [1.807, 2.05) is 6.92 Å². The topological polar surface area (TPSA) is 66.9 Å². The maximum absolute atomic E-state index is 13.8. The molecule has 0 N–H and O–H groups in total. The molecular weight excluding hydrogens is 383 g/mol. The van der Waals surface area contributed by atoms with Crippen LogP contribution in [0.4, 0.5) is 4.39 Å². The van der Waals surface area contributed by atoms with Gasteiger partial charge in [0.05, 0.1) is 18.0 Å². The summed E-state index contributed by atoms with van der Waals surface area (Å²) in [5, 5.41) is 0. The summed E-state index contributed by atoms with van der Waals surface area (Å²) in [5.74, 6) is -0.249. The van der Waals surface area contributed by atoms with Gasteiger partial charge in [-0.2, -0.15) is 4.31 Å². The molecule has 0 aliphatic heterocycles. The summed E-state index contributed by atoms with van der Waals surface area (Å²) in [4.78, 5) is 13.9. The van der Waals surface area contributed by atoms with Crippen LogP contribution in [0.1, 0.15) is 19.4 Å². The van der Waals surface area contributed by atoms with Crippen molar-refractivity contribution in [1.29, 1.82) is 0 Å². The van der Waals surface area contributed by atoms with Crippen LogP contribution < -0.4 is 4.74 Å². The third-order valence-corrected chi connectivity index (χ3v) is 6.16. The number of hydrogen-bond donors (Lipinski definition) is 0. The monoisotopic (exact) mass is 408 g/mol. The van der Waals surface area contributed by atoms with Gasteiger partial charge < -0.3 is 9.64 Å². The molecule has 1 amide bonds. The van der Waals surface area contributed by atoms with Gasteiger partial charge in [0.15, 0.2) is 0 Å². The minimum atomic E-state index is -3.84. The second kappa shape index (κ2) is 9.66. The number of halogens is 1. The fourth-order valence-corrected chi connectivity index (χ4v) is 4.03. The van der Waals surface area contributed by atoms with Crippen LogP contribution in [0.15, 0.2) is 53.4 Å². The molecule has 0 heterocycles. The molecule has 8 heteroatoms. The number of carbonyl (C=O) groups excluding carboxylic acids is 1. The highest BCUT2D eigenvalue weighted by Crippen LogP contribution is 2.20. The van der Waals surface area contributed by atoms with Crippen molar-refractivity contribution in [2.75, 3.05) is 26.7 Å². The number of carbonyl (C=O) groups is 1. The van der Waals surface area contributed by atoms with Crippen molar-refractivity contribution in [3.05, 3.63) is 59.9 Å². The quantitative estimate of drug-likeness (QED) is 0.640. The molecule has 0 spiro atoms. The summed E-state index contributed by atoms with van der Waals surface area (Å²) >= 11 is 0. The number of amides is 1. The zero-order valence-corrected chi connectivity index (χ0v) is 17.1. The van der Waals surface area contributed by atoms with E-state index in [4.69, 9.17) is 4.74 Å². The van der Waals surface area contributed by atoms with Gasteiger partial charge in [0, 0.05) is 25.7 Å². The highest BCUT2D eigenvalue weighted by molar-refractivity contribution is 7.89. The van der Waals surface area contributed by atoms with Crippen LogP contribution in [0.25, 0.3) is 0 Å². The molecule has 0 unspecified atom stereocenters. The van der Waals surface area contributed by atoms with Gasteiger partial charge in [0.2, 0.25) is 15.9 Å². The molecule has 0 bridgehead atoms. The summed E-state index contributed by atoms with van der Waals surface area (Å²) in [6.07, 6.45) is 0. The van der Waals surface area contributed by atoms with Crippen LogP contribution in [0.2, 0.25) is 0 Å². The Hall–Kier alpha value is -2.45. The number of likely N-dealkylation sites (N-methyl/N-ethyl adjacent to an activating group) is 2. The van der Waals surface area contributed by atoms with Crippen molar-refractivity contribution >= 4 is 15.9 Å². The van der Waals surface area contributed by atoms with Gasteiger partial charge >= 0.3 is 0 Å². The first-order valence-corrected chi connectivity index (χ1v) is 10.4. The molecule has 0 radical (unpaired) electrons. The van der Waals surface area contributed by atoms with Gasteiger partial charge in [-0.25, -0.2) is 12.8 Å². The van der Waals surface area contributed by atoms with Crippen LogP contribution in [0.3, 0.4) is 0 Å². The summed E-state index contributed by atoms with van der Waals surface area (Å²) in [5.41, 5.74) is 0.371. The lowest BCUT2D eigenvalue weighted by Crippen LogP contribution is -2.41. The van der Waals surface area contributed by atoms with Crippen molar-refractivity contribution in [2.24, 2.45) is 0 Å². The molecule has 0 aliphatic rings. The predicted molar refractivity (Wildman–Crippen MR) is 105 cm³/mol. The number of ether oxygens (including phenoxy) is 1. The molecule has 28 heavy (non-hydrogen) atoms. The average Bonchev–Trinajstić information content (AvgIpc) is 2.68. The fraction of sp³-hybridized carbons (Fsp3) is 0.350. The Morgan fingerprint density at radius 2 is 1.71 bits per heavy atom. The molecule has 0 atom stereocenters. The summed E-state index contributed by atoms with van der Waals surface area (Å²) in [7, 11) is -2.32. The van der Waals surface area contributed by atoms with Crippen LogP contribution in [-0.4, -0.2) is 50.3 Å². The molecule has 0 saturated heterocycles. The molecule has 6 nitrogen and oxygen atoms in total. The number of rotatable bonds is 9. The number of nitrogens with zero attached hydrogens (tertiary/aromatic N) is 2. The van der Waals surface area contributed by atoms with E-state index in [0.29, 0.717) is 17.9 Å². The molecule has 0 aromatic heterocycles. The Kier molecular flexibility index (Phi) is 7.53. The molecule has 2 aromatic rings. The maximum atomic E-state index is 13.8. The van der Waals surface area contributed by atoms with E-state index in [2.05, 4.69) is 0 Å². The van der Waals surface area contributed by atoms with Crippen molar-refractivity contribution in [1.82, 2.24) is 9.21 Å². The lowest BCUT2D eigenvalue weighted by molar-refractivity contribution is -0.130. The smallest absolute Gasteiger partial charge is 0.243 e. The molecular formula is C20H25FN2O4S. The minimum Gasteiger partial charge on any atom is -0.494 e. The Labute approximate surface area is 165 Å². The molecule has 2 rings (SSSR count). The third kappa shape index (κ3) is 5.30. The van der Waals surface area contributed by atoms with Crippen molar-refractivity contribution < 1.29 is 22.3 Å². The first-order chi connectivity index (χ1) is 13.3. The first kappa shape index (κ1) is 21.8. The van der Waals surface area contributed by atoms with E-state index < -0.39 is 21.7 Å². The number of benzene rings is 2. The largest absolute Gasteiger partial charge is 0.494 e. The second-order valence-electron chi connectivity index (χ2n) is 6.18. The average molecular weight is 408 g/mol. The van der Waals surface area contributed by atoms with Gasteiger partial charge in [-0.15, -0.1) is 0 Å². The van der Waals surface area contributed by atoms with Crippen molar-refractivity contribution in [3.8, 4) is 5.75 Å².